The lowest BCUT2D eigenvalue weighted by Crippen LogP contribution is -2.31. The average Bonchev–Trinajstić information content (AvgIpc) is 2.75. The highest BCUT2D eigenvalue weighted by molar-refractivity contribution is 9.10. The maximum atomic E-state index is 12.1. The zero-order chi connectivity index (χ0) is 15.3. The van der Waals surface area contributed by atoms with E-state index in [-0.39, 0.29) is 22.2 Å². The maximum absolute atomic E-state index is 12.1. The Morgan fingerprint density at radius 3 is 2.60 bits per heavy atom. The Morgan fingerprint density at radius 2 is 2.05 bits per heavy atom. The molecule has 2 N–H and O–H groups in total. The number of methoxy groups -OCH3 is 1. The van der Waals surface area contributed by atoms with Crippen LogP contribution in [0, 0.1) is 0 Å². The third-order valence-corrected chi connectivity index (χ3v) is 4.92. The molecular formula is C12H21BrN2O4S. The van der Waals surface area contributed by atoms with Crippen molar-refractivity contribution in [2.45, 2.75) is 44.4 Å². The molecule has 0 saturated heterocycles. The predicted octanol–water partition coefficient (Wildman–Crippen LogP) is 1.85. The van der Waals surface area contributed by atoms with Crippen molar-refractivity contribution in [2.24, 2.45) is 0 Å². The summed E-state index contributed by atoms with van der Waals surface area (Å²) in [5.41, 5.74) is 0. The number of sulfonamides is 1. The van der Waals surface area contributed by atoms with Gasteiger partial charge in [0.05, 0.1) is 12.6 Å². The van der Waals surface area contributed by atoms with Gasteiger partial charge in [-0.2, -0.15) is 0 Å². The molecule has 0 saturated carbocycles. The first kappa shape index (κ1) is 17.6. The van der Waals surface area contributed by atoms with Crippen molar-refractivity contribution in [1.82, 2.24) is 10.0 Å². The van der Waals surface area contributed by atoms with E-state index in [2.05, 4.69) is 26.0 Å². The lowest BCUT2D eigenvalue weighted by Gasteiger charge is -2.10. The van der Waals surface area contributed by atoms with Gasteiger partial charge in [0, 0.05) is 25.8 Å². The van der Waals surface area contributed by atoms with Crippen molar-refractivity contribution in [3.63, 3.8) is 0 Å². The van der Waals surface area contributed by atoms with Crippen LogP contribution < -0.4 is 10.0 Å². The van der Waals surface area contributed by atoms with E-state index in [1.165, 1.54) is 13.2 Å². The van der Waals surface area contributed by atoms with E-state index in [0.29, 0.717) is 18.3 Å². The molecule has 0 fully saturated rings. The minimum Gasteiger partial charge on any atom is -0.452 e. The van der Waals surface area contributed by atoms with Gasteiger partial charge in [-0.05, 0) is 22.9 Å². The highest BCUT2D eigenvalue weighted by Crippen LogP contribution is 2.26. The summed E-state index contributed by atoms with van der Waals surface area (Å²) in [5, 5.41) is 3.16. The summed E-state index contributed by atoms with van der Waals surface area (Å²) in [5.74, 6) is 0.561. The van der Waals surface area contributed by atoms with Crippen molar-refractivity contribution in [3.05, 3.63) is 16.5 Å². The second kappa shape index (κ2) is 7.56. The molecule has 1 aromatic heterocycles. The molecule has 20 heavy (non-hydrogen) atoms. The van der Waals surface area contributed by atoms with Crippen molar-refractivity contribution in [2.75, 3.05) is 13.7 Å². The predicted molar refractivity (Wildman–Crippen MR) is 80.0 cm³/mol. The third kappa shape index (κ3) is 5.17. The van der Waals surface area contributed by atoms with Crippen molar-refractivity contribution in [1.29, 1.82) is 0 Å². The first-order chi connectivity index (χ1) is 9.26. The number of nitrogens with one attached hydrogen (secondary N) is 2. The summed E-state index contributed by atoms with van der Waals surface area (Å²) < 4.78 is 37.4. The second-order valence-corrected chi connectivity index (χ2v) is 7.24. The number of halogens is 1. The molecular weight excluding hydrogens is 348 g/mol. The maximum Gasteiger partial charge on any atom is 0.245 e. The molecule has 0 aliphatic heterocycles. The van der Waals surface area contributed by atoms with Crippen molar-refractivity contribution in [3.8, 4) is 0 Å². The molecule has 116 valence electrons. The second-order valence-electron chi connectivity index (χ2n) is 4.78. The molecule has 1 heterocycles. The lowest BCUT2D eigenvalue weighted by atomic mass is 10.3. The smallest absolute Gasteiger partial charge is 0.245 e. The standard InChI is InChI=1S/C12H21BrN2O4S/c1-8(2)14-7-10-5-11(12(13)19-10)20(16,17)15-6-9(3)18-4/h5,8-9,14-15H,6-7H2,1-4H3. The SMILES string of the molecule is COC(C)CNS(=O)(=O)c1cc(CNC(C)C)oc1Br. The van der Waals surface area contributed by atoms with E-state index < -0.39 is 10.0 Å². The molecule has 0 amide bonds. The topological polar surface area (TPSA) is 80.6 Å². The Morgan fingerprint density at radius 1 is 1.40 bits per heavy atom. The fourth-order valence-corrected chi connectivity index (χ4v) is 3.47. The van der Waals surface area contributed by atoms with Crippen molar-refractivity contribution >= 4 is 26.0 Å². The van der Waals surface area contributed by atoms with Crippen LogP contribution in [-0.4, -0.2) is 34.2 Å². The molecule has 1 aromatic rings. The minimum atomic E-state index is -3.61. The molecule has 0 bridgehead atoms. The van der Waals surface area contributed by atoms with E-state index >= 15 is 0 Å². The van der Waals surface area contributed by atoms with E-state index in [4.69, 9.17) is 9.15 Å². The van der Waals surface area contributed by atoms with Gasteiger partial charge in [0.25, 0.3) is 0 Å². The number of hydrogen-bond donors (Lipinski definition) is 2. The summed E-state index contributed by atoms with van der Waals surface area (Å²) in [6.07, 6.45) is -0.197. The zero-order valence-corrected chi connectivity index (χ0v) is 14.5. The van der Waals surface area contributed by atoms with E-state index in [9.17, 15) is 8.42 Å². The van der Waals surface area contributed by atoms with Gasteiger partial charge in [0.1, 0.15) is 10.7 Å². The van der Waals surface area contributed by atoms with Crippen LogP contribution in [0.15, 0.2) is 20.0 Å². The van der Waals surface area contributed by atoms with Crippen molar-refractivity contribution < 1.29 is 17.6 Å². The lowest BCUT2D eigenvalue weighted by molar-refractivity contribution is 0.122. The van der Waals surface area contributed by atoms with Crippen LogP contribution >= 0.6 is 15.9 Å². The summed E-state index contributed by atoms with van der Waals surface area (Å²) in [6.45, 7) is 6.47. The van der Waals surface area contributed by atoms with Crippen LogP contribution in [0.25, 0.3) is 0 Å². The summed E-state index contributed by atoms with van der Waals surface area (Å²) in [7, 11) is -2.08. The minimum absolute atomic E-state index is 0.0985. The highest BCUT2D eigenvalue weighted by Gasteiger charge is 2.22. The summed E-state index contributed by atoms with van der Waals surface area (Å²) >= 11 is 3.14. The molecule has 0 aromatic carbocycles. The van der Waals surface area contributed by atoms with Gasteiger partial charge in [0.15, 0.2) is 4.67 Å². The first-order valence-electron chi connectivity index (χ1n) is 6.30. The number of ether oxygens (including phenoxy) is 1. The largest absolute Gasteiger partial charge is 0.452 e. The van der Waals surface area contributed by atoms with Gasteiger partial charge in [0.2, 0.25) is 10.0 Å². The Hall–Kier alpha value is -0.410. The zero-order valence-electron chi connectivity index (χ0n) is 12.1. The fourth-order valence-electron chi connectivity index (χ4n) is 1.36. The van der Waals surface area contributed by atoms with E-state index in [0.717, 1.165) is 0 Å². The van der Waals surface area contributed by atoms with Gasteiger partial charge >= 0.3 is 0 Å². The van der Waals surface area contributed by atoms with Gasteiger partial charge in [-0.15, -0.1) is 0 Å². The van der Waals surface area contributed by atoms with Crippen LogP contribution in [-0.2, 0) is 21.3 Å². The summed E-state index contributed by atoms with van der Waals surface area (Å²) in [6, 6.07) is 1.80. The van der Waals surface area contributed by atoms with Crippen LogP contribution in [0.3, 0.4) is 0 Å². The molecule has 6 nitrogen and oxygen atoms in total. The third-order valence-electron chi connectivity index (χ3n) is 2.64. The van der Waals surface area contributed by atoms with Crippen LogP contribution in [0.5, 0.6) is 0 Å². The number of rotatable bonds is 8. The van der Waals surface area contributed by atoms with Crippen LogP contribution in [0.4, 0.5) is 0 Å². The van der Waals surface area contributed by atoms with Gasteiger partial charge in [-0.3, -0.25) is 0 Å². The van der Waals surface area contributed by atoms with E-state index in [1.807, 2.05) is 13.8 Å². The Labute approximate surface area is 128 Å². The fraction of sp³-hybridized carbons (Fsp3) is 0.667. The quantitative estimate of drug-likeness (QED) is 0.731. The van der Waals surface area contributed by atoms with Crippen LogP contribution in [0.1, 0.15) is 26.5 Å². The number of furan rings is 1. The molecule has 0 aliphatic rings. The Kier molecular flexibility index (Phi) is 6.67. The van der Waals surface area contributed by atoms with Gasteiger partial charge in [-0.1, -0.05) is 13.8 Å². The molecule has 0 aliphatic carbocycles. The Balaban J connectivity index is 2.79. The molecule has 8 heteroatoms. The molecule has 1 rings (SSSR count). The van der Waals surface area contributed by atoms with E-state index in [1.54, 1.807) is 6.92 Å². The number of hydrogen-bond acceptors (Lipinski definition) is 5. The molecule has 0 radical (unpaired) electrons. The van der Waals surface area contributed by atoms with Gasteiger partial charge < -0.3 is 14.5 Å². The summed E-state index contributed by atoms with van der Waals surface area (Å²) in [4.78, 5) is 0.0985. The average molecular weight is 369 g/mol. The van der Waals surface area contributed by atoms with Crippen LogP contribution in [0.2, 0.25) is 0 Å². The first-order valence-corrected chi connectivity index (χ1v) is 8.58. The highest BCUT2D eigenvalue weighted by atomic mass is 79.9. The monoisotopic (exact) mass is 368 g/mol. The Bertz CT molecular complexity index is 528. The molecule has 0 spiro atoms. The molecule has 1 atom stereocenters. The van der Waals surface area contributed by atoms with Gasteiger partial charge in [-0.25, -0.2) is 13.1 Å². The normalized spacial score (nSPS) is 13.9. The molecule has 1 unspecified atom stereocenters.